The molecule has 0 atom stereocenters. The van der Waals surface area contributed by atoms with Gasteiger partial charge in [-0.15, -0.1) is 0 Å². The SMILES string of the molecule is CC1(C)C2=C(C3=C(CC2)Oc2cccc(-c4cccc(-c5nc(-c6ccccc6)nc(-c6ccc(-c7cccc8c7oc7ccccc78)cc6)n5)c4)c2O3)c2ccccc21. The zero-order chi connectivity index (χ0) is 40.0. The van der Waals surface area contributed by atoms with Gasteiger partial charge in [0.25, 0.3) is 0 Å². The highest BCUT2D eigenvalue weighted by atomic mass is 16.6. The van der Waals surface area contributed by atoms with Crippen LogP contribution in [0.4, 0.5) is 0 Å². The van der Waals surface area contributed by atoms with Crippen LogP contribution < -0.4 is 9.47 Å². The first kappa shape index (κ1) is 34.5. The summed E-state index contributed by atoms with van der Waals surface area (Å²) in [6, 6.07) is 56.1. The fourth-order valence-corrected chi connectivity index (χ4v) is 9.39. The Morgan fingerprint density at radius 1 is 0.483 bits per heavy atom. The Hall–Kier alpha value is -7.57. The molecule has 0 radical (unpaired) electrons. The van der Waals surface area contributed by atoms with Crippen LogP contribution in [0.2, 0.25) is 0 Å². The number of allylic oxidation sites excluding steroid dienone is 3. The standard InChI is InChI=1S/C54H37N3O3/c1-54(2)42-22-8-6-18-41(42)47-43(54)29-30-46-50(47)60-49-38(20-12-24-45(49)58-46)35-15-10-16-36(31-35)53-56-51(33-13-4-3-5-14-33)55-52(57-53)34-27-25-32(26-28-34)37-19-11-21-40-39-17-7-9-23-44(39)59-48(37)40/h3-28,31H,29-30H2,1-2H3. The molecular formula is C54H37N3O3. The van der Waals surface area contributed by atoms with Gasteiger partial charge in [0.1, 0.15) is 16.9 Å². The van der Waals surface area contributed by atoms with E-state index in [1.54, 1.807) is 0 Å². The summed E-state index contributed by atoms with van der Waals surface area (Å²) in [5.74, 6) is 4.93. The molecule has 60 heavy (non-hydrogen) atoms. The molecule has 1 aliphatic heterocycles. The van der Waals surface area contributed by atoms with Crippen LogP contribution in [0.1, 0.15) is 37.8 Å². The highest BCUT2D eigenvalue weighted by Gasteiger charge is 2.43. The maximum Gasteiger partial charge on any atom is 0.177 e. The second kappa shape index (κ2) is 13.2. The third kappa shape index (κ3) is 5.37. The molecule has 0 fully saturated rings. The summed E-state index contributed by atoms with van der Waals surface area (Å²) < 4.78 is 20.1. The van der Waals surface area contributed by atoms with Crippen LogP contribution in [0.3, 0.4) is 0 Å². The molecule has 3 heterocycles. The molecule has 0 bridgehead atoms. The van der Waals surface area contributed by atoms with Crippen molar-refractivity contribution in [1.29, 1.82) is 0 Å². The first-order valence-corrected chi connectivity index (χ1v) is 20.5. The number of benzene rings is 7. The summed E-state index contributed by atoms with van der Waals surface area (Å²) in [7, 11) is 0. The molecule has 7 aromatic carbocycles. The number of para-hydroxylation sites is 3. The van der Waals surface area contributed by atoms with E-state index in [4.69, 9.17) is 28.8 Å². The maximum atomic E-state index is 7.02. The van der Waals surface area contributed by atoms with Crippen LogP contribution in [-0.4, -0.2) is 15.0 Å². The highest BCUT2D eigenvalue weighted by molar-refractivity contribution is 6.09. The van der Waals surface area contributed by atoms with Crippen molar-refractivity contribution in [2.45, 2.75) is 32.1 Å². The Labute approximate surface area is 347 Å². The van der Waals surface area contributed by atoms with Crippen LogP contribution in [0.25, 0.3) is 83.9 Å². The number of rotatable bonds is 5. The summed E-state index contributed by atoms with van der Waals surface area (Å²) in [6.07, 6.45) is 1.74. The monoisotopic (exact) mass is 775 g/mol. The van der Waals surface area contributed by atoms with E-state index in [1.807, 2.05) is 60.7 Å². The van der Waals surface area contributed by atoms with Crippen molar-refractivity contribution >= 4 is 27.5 Å². The first-order valence-electron chi connectivity index (χ1n) is 20.5. The molecule has 286 valence electrons. The molecule has 2 aliphatic carbocycles. The van der Waals surface area contributed by atoms with Crippen LogP contribution in [0.15, 0.2) is 185 Å². The Morgan fingerprint density at radius 2 is 1.10 bits per heavy atom. The zero-order valence-corrected chi connectivity index (χ0v) is 33.1. The van der Waals surface area contributed by atoms with E-state index >= 15 is 0 Å². The molecule has 3 aliphatic rings. The molecule has 0 spiro atoms. The van der Waals surface area contributed by atoms with Crippen molar-refractivity contribution in [3.63, 3.8) is 0 Å². The fourth-order valence-electron chi connectivity index (χ4n) is 9.39. The Kier molecular flexibility index (Phi) is 7.60. The van der Waals surface area contributed by atoms with Gasteiger partial charge in [-0.25, -0.2) is 15.0 Å². The largest absolute Gasteiger partial charge is 0.455 e. The van der Waals surface area contributed by atoms with E-state index in [9.17, 15) is 0 Å². The smallest absolute Gasteiger partial charge is 0.177 e. The average molecular weight is 776 g/mol. The van der Waals surface area contributed by atoms with Gasteiger partial charge in [0.05, 0.1) is 0 Å². The summed E-state index contributed by atoms with van der Waals surface area (Å²) >= 11 is 0. The normalized spacial score (nSPS) is 15.0. The summed E-state index contributed by atoms with van der Waals surface area (Å²) in [5, 5.41) is 2.21. The molecule has 0 N–H and O–H groups in total. The molecule has 0 saturated heterocycles. The number of aromatic nitrogens is 3. The molecule has 9 aromatic rings. The highest BCUT2D eigenvalue weighted by Crippen LogP contribution is 2.56. The summed E-state index contributed by atoms with van der Waals surface area (Å²) in [4.78, 5) is 15.2. The minimum absolute atomic E-state index is 0.0733. The van der Waals surface area contributed by atoms with Crippen molar-refractivity contribution in [1.82, 2.24) is 15.0 Å². The van der Waals surface area contributed by atoms with Crippen molar-refractivity contribution in [3.05, 3.63) is 192 Å². The van der Waals surface area contributed by atoms with Crippen LogP contribution in [-0.2, 0) is 5.41 Å². The molecule has 0 amide bonds. The van der Waals surface area contributed by atoms with Gasteiger partial charge in [-0.3, -0.25) is 0 Å². The Bertz CT molecular complexity index is 3280. The van der Waals surface area contributed by atoms with Gasteiger partial charge in [-0.1, -0.05) is 159 Å². The third-order valence-electron chi connectivity index (χ3n) is 12.4. The van der Waals surface area contributed by atoms with Crippen LogP contribution in [0, 0.1) is 0 Å². The molecule has 6 heteroatoms. The second-order valence-electron chi connectivity index (χ2n) is 16.2. The van der Waals surface area contributed by atoms with E-state index in [1.165, 1.54) is 22.3 Å². The van der Waals surface area contributed by atoms with Crippen molar-refractivity contribution in [2.75, 3.05) is 0 Å². The van der Waals surface area contributed by atoms with Gasteiger partial charge in [-0.05, 0) is 52.4 Å². The predicted molar refractivity (Wildman–Crippen MR) is 238 cm³/mol. The first-order chi connectivity index (χ1) is 29.5. The van der Waals surface area contributed by atoms with Crippen molar-refractivity contribution in [2.24, 2.45) is 0 Å². The molecule has 6 nitrogen and oxygen atoms in total. The number of hydrogen-bond acceptors (Lipinski definition) is 6. The molecular weight excluding hydrogens is 739 g/mol. The topological polar surface area (TPSA) is 70.3 Å². The number of furan rings is 1. The number of ether oxygens (including phenoxy) is 2. The Balaban J connectivity index is 0.924. The van der Waals surface area contributed by atoms with Gasteiger partial charge in [0.2, 0.25) is 0 Å². The molecule has 12 rings (SSSR count). The quantitative estimate of drug-likeness (QED) is 0.173. The second-order valence-corrected chi connectivity index (χ2v) is 16.2. The van der Waals surface area contributed by atoms with E-state index in [0.717, 1.165) is 91.0 Å². The third-order valence-corrected chi connectivity index (χ3v) is 12.4. The fraction of sp³-hybridized carbons (Fsp3) is 0.0926. The summed E-state index contributed by atoms with van der Waals surface area (Å²) in [5.41, 5.74) is 13.5. The maximum absolute atomic E-state index is 7.02. The molecule has 2 aromatic heterocycles. The van der Waals surface area contributed by atoms with Crippen molar-refractivity contribution in [3.8, 4) is 67.9 Å². The van der Waals surface area contributed by atoms with Gasteiger partial charge in [-0.2, -0.15) is 0 Å². The lowest BCUT2D eigenvalue weighted by atomic mass is 9.78. The van der Waals surface area contributed by atoms with Crippen molar-refractivity contribution < 1.29 is 13.9 Å². The Morgan fingerprint density at radius 3 is 1.95 bits per heavy atom. The lowest BCUT2D eigenvalue weighted by Gasteiger charge is -2.32. The number of nitrogens with zero attached hydrogens (tertiary/aromatic N) is 3. The van der Waals surface area contributed by atoms with Gasteiger partial charge in [0, 0.05) is 56.0 Å². The lowest BCUT2D eigenvalue weighted by molar-refractivity contribution is 0.291. The van der Waals surface area contributed by atoms with E-state index in [0.29, 0.717) is 23.2 Å². The molecule has 0 saturated carbocycles. The zero-order valence-electron chi connectivity index (χ0n) is 33.1. The minimum Gasteiger partial charge on any atom is -0.455 e. The molecule has 0 unspecified atom stereocenters. The van der Waals surface area contributed by atoms with Crippen LogP contribution >= 0.6 is 0 Å². The summed E-state index contributed by atoms with van der Waals surface area (Å²) in [6.45, 7) is 4.65. The van der Waals surface area contributed by atoms with Gasteiger partial charge in [0.15, 0.2) is 34.7 Å². The minimum atomic E-state index is -0.0733. The van der Waals surface area contributed by atoms with Gasteiger partial charge >= 0.3 is 0 Å². The van der Waals surface area contributed by atoms with E-state index in [-0.39, 0.29) is 5.41 Å². The van der Waals surface area contributed by atoms with Crippen LogP contribution in [0.5, 0.6) is 11.5 Å². The number of fused-ring (bicyclic) bond motifs is 7. The van der Waals surface area contributed by atoms with Gasteiger partial charge < -0.3 is 13.9 Å². The predicted octanol–water partition coefficient (Wildman–Crippen LogP) is 13.6. The average Bonchev–Trinajstić information content (AvgIpc) is 3.80. The van der Waals surface area contributed by atoms with E-state index < -0.39 is 0 Å². The lowest BCUT2D eigenvalue weighted by Crippen LogP contribution is -2.22. The number of hydrogen-bond donors (Lipinski definition) is 0. The van der Waals surface area contributed by atoms with E-state index in [2.05, 4.69) is 117 Å².